The molecular weight excluding hydrogens is 438 g/mol. The molecule has 0 saturated heterocycles. The molecule has 0 aliphatic rings. The Labute approximate surface area is 196 Å². The van der Waals surface area contributed by atoms with Gasteiger partial charge in [0.2, 0.25) is 0 Å². The van der Waals surface area contributed by atoms with E-state index in [9.17, 15) is 9.18 Å². The summed E-state index contributed by atoms with van der Waals surface area (Å²) < 4.78 is 31.4. The summed E-state index contributed by atoms with van der Waals surface area (Å²) in [6, 6.07) is 18.1. The van der Waals surface area contributed by atoms with Gasteiger partial charge in [0.1, 0.15) is 18.2 Å². The van der Waals surface area contributed by atoms with Crippen LogP contribution < -0.4 is 19.5 Å². The molecule has 3 aromatic rings. The zero-order chi connectivity index (χ0) is 24.0. The van der Waals surface area contributed by atoms with Crippen molar-refractivity contribution < 1.29 is 23.4 Å². The van der Waals surface area contributed by atoms with E-state index in [1.54, 1.807) is 20.3 Å². The van der Waals surface area contributed by atoms with E-state index in [0.29, 0.717) is 29.4 Å². The van der Waals surface area contributed by atoms with Gasteiger partial charge in [0.05, 0.1) is 14.2 Å². The number of halogens is 1. The molecule has 0 saturated carbocycles. The average molecular weight is 469 g/mol. The van der Waals surface area contributed by atoms with E-state index in [1.807, 2.05) is 42.5 Å². The Balaban J connectivity index is 2.10. The third-order valence-corrected chi connectivity index (χ3v) is 7.66. The summed E-state index contributed by atoms with van der Waals surface area (Å²) in [6.45, 7) is 6.07. The monoisotopic (exact) mass is 468 g/mol. The van der Waals surface area contributed by atoms with Crippen molar-refractivity contribution in [3.8, 4) is 17.2 Å². The summed E-state index contributed by atoms with van der Waals surface area (Å²) in [6.07, 6.45) is 0.762. The van der Waals surface area contributed by atoms with Crippen LogP contribution in [0.3, 0.4) is 0 Å². The number of hydrogen-bond acceptors (Lipinski definition) is 4. The molecule has 0 aliphatic carbocycles. The van der Waals surface area contributed by atoms with Gasteiger partial charge < -0.3 is 14.2 Å². The Morgan fingerprint density at radius 2 is 1.76 bits per heavy atom. The molecule has 0 spiro atoms. The number of benzene rings is 3. The molecule has 0 fully saturated rings. The van der Waals surface area contributed by atoms with E-state index in [4.69, 9.17) is 14.2 Å². The standard InChI is InChI=1S/C27H30FO4P/c1-6-27(3,33-25-13-12-20(28)14-22(25)18(2)29)23-15-21(30-4)16-24(31-5)26(23)32-17-19-10-8-7-9-11-19/h7-16,33H,6,17H2,1-5H3. The van der Waals surface area contributed by atoms with Gasteiger partial charge in [-0.3, -0.25) is 4.79 Å². The van der Waals surface area contributed by atoms with E-state index in [0.717, 1.165) is 22.9 Å². The minimum atomic E-state index is -0.415. The van der Waals surface area contributed by atoms with Gasteiger partial charge in [-0.25, -0.2) is 4.39 Å². The number of ketones is 1. The highest BCUT2D eigenvalue weighted by atomic mass is 31.1. The lowest BCUT2D eigenvalue weighted by Gasteiger charge is -2.32. The summed E-state index contributed by atoms with van der Waals surface area (Å²) >= 11 is 0. The largest absolute Gasteiger partial charge is 0.497 e. The van der Waals surface area contributed by atoms with Crippen LogP contribution in [0.15, 0.2) is 60.7 Å². The molecule has 0 heterocycles. The van der Waals surface area contributed by atoms with Crippen molar-refractivity contribution in [2.45, 2.75) is 39.0 Å². The summed E-state index contributed by atoms with van der Waals surface area (Å²) in [5, 5.41) is 0.416. The van der Waals surface area contributed by atoms with E-state index in [-0.39, 0.29) is 14.4 Å². The summed E-state index contributed by atoms with van der Waals surface area (Å²) in [5.41, 5.74) is 2.38. The minimum absolute atomic E-state index is 0.153. The number of methoxy groups -OCH3 is 2. The van der Waals surface area contributed by atoms with Gasteiger partial charge in [-0.2, -0.15) is 0 Å². The number of rotatable bonds is 10. The van der Waals surface area contributed by atoms with Crippen LogP contribution in [0.4, 0.5) is 4.39 Å². The first-order valence-electron chi connectivity index (χ1n) is 10.8. The van der Waals surface area contributed by atoms with Gasteiger partial charge in [-0.1, -0.05) is 58.8 Å². The summed E-state index contributed by atoms with van der Waals surface area (Å²) in [7, 11) is 3.42. The first kappa shape index (κ1) is 24.7. The Morgan fingerprint density at radius 3 is 2.36 bits per heavy atom. The van der Waals surface area contributed by atoms with Gasteiger partial charge in [0.15, 0.2) is 17.3 Å². The molecule has 0 bridgehead atoms. The molecule has 2 unspecified atom stereocenters. The Morgan fingerprint density at radius 1 is 1.03 bits per heavy atom. The number of ether oxygens (including phenoxy) is 3. The molecule has 33 heavy (non-hydrogen) atoms. The average Bonchev–Trinajstić information content (AvgIpc) is 2.83. The van der Waals surface area contributed by atoms with Crippen molar-refractivity contribution in [2.75, 3.05) is 14.2 Å². The fourth-order valence-corrected chi connectivity index (χ4v) is 5.34. The smallest absolute Gasteiger partial charge is 0.166 e. The maximum absolute atomic E-state index is 13.9. The van der Waals surface area contributed by atoms with Crippen LogP contribution in [0, 0.1) is 5.82 Å². The van der Waals surface area contributed by atoms with Gasteiger partial charge in [0.25, 0.3) is 0 Å². The molecule has 0 aromatic heterocycles. The molecule has 2 atom stereocenters. The third-order valence-electron chi connectivity index (χ3n) is 5.78. The molecule has 3 rings (SSSR count). The highest BCUT2D eigenvalue weighted by Gasteiger charge is 2.32. The number of Topliss-reactive ketones (excluding diaryl/α,β-unsaturated/α-hetero) is 1. The third kappa shape index (κ3) is 5.72. The van der Waals surface area contributed by atoms with Crippen molar-refractivity contribution in [1.29, 1.82) is 0 Å². The van der Waals surface area contributed by atoms with Crippen LogP contribution in [0.2, 0.25) is 0 Å². The maximum atomic E-state index is 13.9. The van der Waals surface area contributed by atoms with Crippen LogP contribution in [0.5, 0.6) is 17.2 Å². The fraction of sp³-hybridized carbons (Fsp3) is 0.296. The first-order chi connectivity index (χ1) is 15.8. The predicted molar refractivity (Wildman–Crippen MR) is 132 cm³/mol. The van der Waals surface area contributed by atoms with Crippen molar-refractivity contribution >= 4 is 19.7 Å². The second-order valence-electron chi connectivity index (χ2n) is 8.04. The summed E-state index contributed by atoms with van der Waals surface area (Å²) in [5.74, 6) is 1.31. The highest BCUT2D eigenvalue weighted by Crippen LogP contribution is 2.51. The lowest BCUT2D eigenvalue weighted by molar-refractivity contribution is 0.101. The zero-order valence-corrected chi connectivity index (χ0v) is 20.7. The van der Waals surface area contributed by atoms with E-state index < -0.39 is 11.0 Å². The first-order valence-corrected chi connectivity index (χ1v) is 11.8. The maximum Gasteiger partial charge on any atom is 0.166 e. The molecule has 6 heteroatoms. The molecule has 0 amide bonds. The van der Waals surface area contributed by atoms with Crippen molar-refractivity contribution in [1.82, 2.24) is 0 Å². The second kappa shape index (κ2) is 10.8. The van der Waals surface area contributed by atoms with E-state index >= 15 is 0 Å². The molecule has 0 radical (unpaired) electrons. The lowest BCUT2D eigenvalue weighted by Crippen LogP contribution is -2.22. The normalized spacial score (nSPS) is 13.0. The van der Waals surface area contributed by atoms with Gasteiger partial charge in [-0.15, -0.1) is 0 Å². The van der Waals surface area contributed by atoms with Gasteiger partial charge in [0, 0.05) is 22.3 Å². The topological polar surface area (TPSA) is 44.8 Å². The fourth-order valence-electron chi connectivity index (χ4n) is 3.70. The van der Waals surface area contributed by atoms with E-state index in [2.05, 4.69) is 13.8 Å². The quantitative estimate of drug-likeness (QED) is 0.261. The Bertz CT molecular complexity index is 1120. The Kier molecular flexibility index (Phi) is 8.10. The van der Waals surface area contributed by atoms with Crippen molar-refractivity contribution in [2.24, 2.45) is 0 Å². The lowest BCUT2D eigenvalue weighted by atomic mass is 9.95. The van der Waals surface area contributed by atoms with Crippen LogP contribution >= 0.6 is 8.58 Å². The van der Waals surface area contributed by atoms with E-state index in [1.165, 1.54) is 19.1 Å². The highest BCUT2D eigenvalue weighted by molar-refractivity contribution is 7.48. The van der Waals surface area contributed by atoms with Crippen LogP contribution in [-0.4, -0.2) is 20.0 Å². The van der Waals surface area contributed by atoms with Crippen LogP contribution in [0.25, 0.3) is 0 Å². The molecule has 0 N–H and O–H groups in total. The molecule has 174 valence electrons. The molecular formula is C27H30FO4P. The zero-order valence-electron chi connectivity index (χ0n) is 19.7. The SMILES string of the molecule is CCC(C)(Pc1ccc(F)cc1C(C)=O)c1cc(OC)cc(OC)c1OCc1ccccc1. The van der Waals surface area contributed by atoms with Crippen molar-refractivity contribution in [3.05, 3.63) is 83.2 Å². The van der Waals surface area contributed by atoms with Crippen LogP contribution in [0.1, 0.15) is 48.7 Å². The minimum Gasteiger partial charge on any atom is -0.497 e. The predicted octanol–water partition coefficient (Wildman–Crippen LogP) is 6.25. The number of hydrogen-bond donors (Lipinski definition) is 0. The van der Waals surface area contributed by atoms with Crippen LogP contribution in [-0.2, 0) is 11.8 Å². The summed E-state index contributed by atoms with van der Waals surface area (Å²) in [4.78, 5) is 12.2. The van der Waals surface area contributed by atoms with Crippen molar-refractivity contribution in [3.63, 3.8) is 0 Å². The van der Waals surface area contributed by atoms with Gasteiger partial charge >= 0.3 is 0 Å². The van der Waals surface area contributed by atoms with Gasteiger partial charge in [-0.05, 0) is 42.4 Å². The second-order valence-corrected chi connectivity index (χ2v) is 9.93. The number of carbonyl (C=O) groups excluding carboxylic acids is 1. The number of carbonyl (C=O) groups is 1. The Hall–Kier alpha value is -2.91. The molecule has 0 aliphatic heterocycles. The molecule has 3 aromatic carbocycles. The molecule has 4 nitrogen and oxygen atoms in total.